The third-order valence-electron chi connectivity index (χ3n) is 3.14. The molecule has 4 heteroatoms. The lowest BCUT2D eigenvalue weighted by molar-refractivity contribution is 0.0976. The average molecular weight is 295 g/mol. The van der Waals surface area contributed by atoms with Gasteiger partial charge in [0.2, 0.25) is 0 Å². The zero-order valence-electron chi connectivity index (χ0n) is 13.6. The Morgan fingerprint density at radius 1 is 1.05 bits per heavy atom. The molecule has 120 valence electrons. The lowest BCUT2D eigenvalue weighted by Crippen LogP contribution is -2.15. The molecule has 0 unspecified atom stereocenters. The van der Waals surface area contributed by atoms with Gasteiger partial charge < -0.3 is 19.5 Å². The number of unbranched alkanes of at least 4 members (excludes halogenated alkanes) is 1. The van der Waals surface area contributed by atoms with Crippen LogP contribution in [0.15, 0.2) is 18.2 Å². The fourth-order valence-electron chi connectivity index (χ4n) is 1.90. The molecule has 0 fully saturated rings. The van der Waals surface area contributed by atoms with Crippen molar-refractivity contribution in [2.75, 3.05) is 33.5 Å². The number of rotatable bonds is 12. The zero-order valence-corrected chi connectivity index (χ0v) is 13.6. The van der Waals surface area contributed by atoms with Gasteiger partial charge in [0.25, 0.3) is 0 Å². The molecular formula is C17H29NO3. The molecule has 0 aliphatic heterocycles. The van der Waals surface area contributed by atoms with Crippen molar-refractivity contribution in [3.8, 4) is 11.5 Å². The Morgan fingerprint density at radius 2 is 1.90 bits per heavy atom. The molecule has 0 aliphatic carbocycles. The maximum absolute atomic E-state index is 5.85. The van der Waals surface area contributed by atoms with Gasteiger partial charge >= 0.3 is 0 Å². The molecule has 1 aromatic rings. The van der Waals surface area contributed by atoms with E-state index in [0.29, 0.717) is 13.2 Å². The molecule has 0 spiro atoms. The maximum atomic E-state index is 5.85. The topological polar surface area (TPSA) is 39.7 Å². The highest BCUT2D eigenvalue weighted by Crippen LogP contribution is 2.24. The van der Waals surface area contributed by atoms with Crippen LogP contribution in [0.1, 0.15) is 38.7 Å². The van der Waals surface area contributed by atoms with Gasteiger partial charge in [-0.05, 0) is 25.5 Å². The van der Waals surface area contributed by atoms with Crippen LogP contribution in [-0.2, 0) is 11.3 Å². The first-order valence-electron chi connectivity index (χ1n) is 7.90. The van der Waals surface area contributed by atoms with Crippen LogP contribution in [0.5, 0.6) is 11.5 Å². The van der Waals surface area contributed by atoms with E-state index in [-0.39, 0.29) is 0 Å². The van der Waals surface area contributed by atoms with Crippen LogP contribution < -0.4 is 14.8 Å². The minimum atomic E-state index is 0.567. The Bertz CT molecular complexity index is 382. The van der Waals surface area contributed by atoms with Crippen molar-refractivity contribution >= 4 is 0 Å². The highest BCUT2D eigenvalue weighted by molar-refractivity contribution is 5.40. The minimum absolute atomic E-state index is 0.567. The van der Waals surface area contributed by atoms with Crippen LogP contribution in [-0.4, -0.2) is 33.5 Å². The van der Waals surface area contributed by atoms with E-state index in [0.717, 1.165) is 56.0 Å². The Labute approximate surface area is 128 Å². The van der Waals surface area contributed by atoms with Crippen LogP contribution >= 0.6 is 0 Å². The smallest absolute Gasteiger partial charge is 0.127 e. The number of hydrogen-bond donors (Lipinski definition) is 1. The number of methoxy groups -OCH3 is 1. The summed E-state index contributed by atoms with van der Waals surface area (Å²) in [7, 11) is 1.67. The Morgan fingerprint density at radius 3 is 2.62 bits per heavy atom. The van der Waals surface area contributed by atoms with Gasteiger partial charge in [-0.1, -0.05) is 26.3 Å². The van der Waals surface area contributed by atoms with E-state index in [1.54, 1.807) is 7.11 Å². The average Bonchev–Trinajstić information content (AvgIpc) is 2.52. The second-order valence-corrected chi connectivity index (χ2v) is 4.96. The zero-order chi connectivity index (χ0) is 15.3. The second kappa shape index (κ2) is 11.4. The standard InChI is InChI=1S/C17H29NO3/c1-4-6-10-20-11-12-21-17-13-16(19-3)8-7-15(17)14-18-9-5-2/h7-8,13,18H,4-6,9-12,14H2,1-3H3. The van der Waals surface area contributed by atoms with Gasteiger partial charge in [0.05, 0.1) is 13.7 Å². The van der Waals surface area contributed by atoms with Crippen LogP contribution in [0.3, 0.4) is 0 Å². The first-order chi connectivity index (χ1) is 10.3. The number of nitrogens with one attached hydrogen (secondary N) is 1. The molecule has 0 saturated carbocycles. The molecule has 1 rings (SSSR count). The van der Waals surface area contributed by atoms with Gasteiger partial charge in [0.1, 0.15) is 18.1 Å². The van der Waals surface area contributed by atoms with Crippen molar-refractivity contribution in [1.29, 1.82) is 0 Å². The van der Waals surface area contributed by atoms with E-state index >= 15 is 0 Å². The summed E-state index contributed by atoms with van der Waals surface area (Å²) in [5, 5.41) is 3.40. The van der Waals surface area contributed by atoms with Crippen molar-refractivity contribution < 1.29 is 14.2 Å². The summed E-state index contributed by atoms with van der Waals surface area (Å²) in [4.78, 5) is 0. The van der Waals surface area contributed by atoms with Crippen molar-refractivity contribution in [1.82, 2.24) is 5.32 Å². The fraction of sp³-hybridized carbons (Fsp3) is 0.647. The SMILES string of the molecule is CCCCOCCOc1cc(OC)ccc1CNCCC. The van der Waals surface area contributed by atoms with Gasteiger partial charge in [-0.3, -0.25) is 0 Å². The van der Waals surface area contributed by atoms with Crippen molar-refractivity contribution in [2.24, 2.45) is 0 Å². The summed E-state index contributed by atoms with van der Waals surface area (Å²) in [5.41, 5.74) is 1.15. The highest BCUT2D eigenvalue weighted by Gasteiger charge is 2.06. The number of ether oxygens (including phenoxy) is 3. The lowest BCUT2D eigenvalue weighted by Gasteiger charge is -2.13. The van der Waals surface area contributed by atoms with E-state index in [2.05, 4.69) is 25.2 Å². The lowest BCUT2D eigenvalue weighted by atomic mass is 10.2. The van der Waals surface area contributed by atoms with E-state index in [9.17, 15) is 0 Å². The molecule has 0 aromatic heterocycles. The Hall–Kier alpha value is -1.26. The molecule has 0 radical (unpaired) electrons. The molecule has 1 aromatic carbocycles. The van der Waals surface area contributed by atoms with E-state index < -0.39 is 0 Å². The molecular weight excluding hydrogens is 266 g/mol. The summed E-state index contributed by atoms with van der Waals surface area (Å²) in [6.45, 7) is 8.13. The molecule has 0 amide bonds. The van der Waals surface area contributed by atoms with Gasteiger partial charge in [-0.15, -0.1) is 0 Å². The van der Waals surface area contributed by atoms with Crippen molar-refractivity contribution in [3.05, 3.63) is 23.8 Å². The predicted molar refractivity (Wildman–Crippen MR) is 86.2 cm³/mol. The molecule has 0 atom stereocenters. The third kappa shape index (κ3) is 7.34. The van der Waals surface area contributed by atoms with Crippen LogP contribution in [0, 0.1) is 0 Å². The minimum Gasteiger partial charge on any atom is -0.497 e. The van der Waals surface area contributed by atoms with Crippen molar-refractivity contribution in [3.63, 3.8) is 0 Å². The van der Waals surface area contributed by atoms with Crippen LogP contribution in [0.4, 0.5) is 0 Å². The molecule has 1 N–H and O–H groups in total. The van der Waals surface area contributed by atoms with E-state index in [1.165, 1.54) is 0 Å². The van der Waals surface area contributed by atoms with Gasteiger partial charge in [-0.25, -0.2) is 0 Å². The maximum Gasteiger partial charge on any atom is 0.127 e. The van der Waals surface area contributed by atoms with Crippen LogP contribution in [0.2, 0.25) is 0 Å². The molecule has 4 nitrogen and oxygen atoms in total. The number of benzene rings is 1. The van der Waals surface area contributed by atoms with Gasteiger partial charge in [-0.2, -0.15) is 0 Å². The van der Waals surface area contributed by atoms with Gasteiger partial charge in [0.15, 0.2) is 0 Å². The Balaban J connectivity index is 2.47. The summed E-state index contributed by atoms with van der Waals surface area (Å²) in [6.07, 6.45) is 3.38. The normalized spacial score (nSPS) is 10.6. The molecule has 0 saturated heterocycles. The Kier molecular flexibility index (Phi) is 9.66. The fourth-order valence-corrected chi connectivity index (χ4v) is 1.90. The largest absolute Gasteiger partial charge is 0.497 e. The first-order valence-corrected chi connectivity index (χ1v) is 7.90. The molecule has 21 heavy (non-hydrogen) atoms. The molecule has 0 heterocycles. The third-order valence-corrected chi connectivity index (χ3v) is 3.14. The molecule has 0 aliphatic rings. The summed E-state index contributed by atoms with van der Waals surface area (Å²) in [5.74, 6) is 1.69. The first kappa shape index (κ1) is 17.8. The van der Waals surface area contributed by atoms with Gasteiger partial charge in [0, 0.05) is 24.8 Å². The predicted octanol–water partition coefficient (Wildman–Crippen LogP) is 3.39. The monoisotopic (exact) mass is 295 g/mol. The highest BCUT2D eigenvalue weighted by atomic mass is 16.5. The van der Waals surface area contributed by atoms with Crippen molar-refractivity contribution in [2.45, 2.75) is 39.7 Å². The summed E-state index contributed by atoms with van der Waals surface area (Å²) in [6, 6.07) is 5.96. The van der Waals surface area contributed by atoms with E-state index in [4.69, 9.17) is 14.2 Å². The molecule has 0 bridgehead atoms. The van der Waals surface area contributed by atoms with Crippen LogP contribution in [0.25, 0.3) is 0 Å². The summed E-state index contributed by atoms with van der Waals surface area (Å²) < 4.78 is 16.6. The summed E-state index contributed by atoms with van der Waals surface area (Å²) >= 11 is 0. The van der Waals surface area contributed by atoms with E-state index in [1.807, 2.05) is 12.1 Å². The number of hydrogen-bond acceptors (Lipinski definition) is 4. The quantitative estimate of drug-likeness (QED) is 0.600. The second-order valence-electron chi connectivity index (χ2n) is 4.96.